The van der Waals surface area contributed by atoms with Gasteiger partial charge < -0.3 is 10.1 Å². The Morgan fingerprint density at radius 2 is 1.02 bits per heavy atom. The zero-order valence-electron chi connectivity index (χ0n) is 23.4. The summed E-state index contributed by atoms with van der Waals surface area (Å²) in [6.45, 7) is 0. The number of methoxy groups -OCH3 is 1. The van der Waals surface area contributed by atoms with Crippen molar-refractivity contribution < 1.29 is 14.3 Å². The first-order valence-electron chi connectivity index (χ1n) is 14.1. The van der Waals surface area contributed by atoms with Crippen LogP contribution in [0, 0.1) is 0 Å². The molecule has 6 aromatic rings. The van der Waals surface area contributed by atoms with Gasteiger partial charge in [0.05, 0.1) is 7.11 Å². The molecule has 1 N–H and O–H groups in total. The summed E-state index contributed by atoms with van der Waals surface area (Å²) in [5.74, 6) is -0.797. The topological polar surface area (TPSA) is 55.4 Å². The van der Waals surface area contributed by atoms with Gasteiger partial charge in [0.1, 0.15) is 11.5 Å². The number of hydrogen-bond acceptors (Lipinski definition) is 3. The average Bonchev–Trinajstić information content (AvgIpc) is 3.05. The van der Waals surface area contributed by atoms with Crippen molar-refractivity contribution in [1.82, 2.24) is 5.32 Å². The molecule has 0 saturated heterocycles. The van der Waals surface area contributed by atoms with Crippen molar-refractivity contribution >= 4 is 33.4 Å². The van der Waals surface area contributed by atoms with E-state index >= 15 is 0 Å². The summed E-state index contributed by atoms with van der Waals surface area (Å²) < 4.78 is 5.29. The highest BCUT2D eigenvalue weighted by Crippen LogP contribution is 2.40. The molecule has 0 fully saturated rings. The summed E-state index contributed by atoms with van der Waals surface area (Å²) in [4.78, 5) is 28.3. The van der Waals surface area contributed by atoms with Gasteiger partial charge in [-0.3, -0.25) is 4.79 Å². The molecule has 0 bridgehead atoms. The van der Waals surface area contributed by atoms with Crippen LogP contribution >= 0.6 is 0 Å². The van der Waals surface area contributed by atoms with Crippen LogP contribution in [0.5, 0.6) is 0 Å². The third-order valence-electron chi connectivity index (χ3n) is 8.04. The lowest BCUT2D eigenvalue weighted by atomic mass is 9.68. The minimum Gasteiger partial charge on any atom is -0.467 e. The van der Waals surface area contributed by atoms with Crippen LogP contribution in [-0.4, -0.2) is 25.0 Å². The first kappa shape index (κ1) is 27.0. The number of esters is 1. The summed E-state index contributed by atoms with van der Waals surface area (Å²) in [6.07, 6.45) is 0.273. The second-order valence-electron chi connectivity index (χ2n) is 10.4. The summed E-state index contributed by atoms with van der Waals surface area (Å²) >= 11 is 0. The van der Waals surface area contributed by atoms with E-state index in [0.29, 0.717) is 0 Å². The van der Waals surface area contributed by atoms with Crippen molar-refractivity contribution in [3.8, 4) is 0 Å². The van der Waals surface area contributed by atoms with E-state index in [1.807, 2.05) is 115 Å². The molecule has 1 amide bonds. The fourth-order valence-corrected chi connectivity index (χ4v) is 6.09. The van der Waals surface area contributed by atoms with Crippen molar-refractivity contribution in [2.75, 3.05) is 7.11 Å². The highest BCUT2D eigenvalue weighted by atomic mass is 16.5. The second kappa shape index (κ2) is 11.7. The fourth-order valence-electron chi connectivity index (χ4n) is 6.09. The number of nitrogens with one attached hydrogen (secondary N) is 1. The monoisotopic (exact) mass is 549 g/mol. The molecule has 0 aliphatic rings. The molecule has 0 radical (unpaired) electrons. The number of carbonyl (C=O) groups is 2. The van der Waals surface area contributed by atoms with Crippen molar-refractivity contribution in [3.63, 3.8) is 0 Å². The molecular weight excluding hydrogens is 518 g/mol. The standard InChI is InChI=1S/C38H31NO3/c1-42-36(40)35(26-34-32-23-13-11-15-27(32)25-28-16-12-14-24-33(28)34)39-37(41)38(29-17-5-2-6-18-29,30-19-7-3-8-20-30)31-21-9-4-10-22-31/h2-25,35H,26H2,1H3,(H,39,41)/t35-/m0/s1. The number of carbonyl (C=O) groups excluding carboxylic acids is 2. The smallest absolute Gasteiger partial charge is 0.328 e. The maximum absolute atomic E-state index is 14.9. The zero-order chi connectivity index (χ0) is 28.9. The van der Waals surface area contributed by atoms with Crippen LogP contribution in [0.15, 0.2) is 146 Å². The number of benzene rings is 6. The third kappa shape index (κ3) is 4.82. The lowest BCUT2D eigenvalue weighted by Crippen LogP contribution is -2.52. The molecule has 206 valence electrons. The third-order valence-corrected chi connectivity index (χ3v) is 8.04. The fraction of sp³-hybridized carbons (Fsp3) is 0.105. The Morgan fingerprint density at radius 1 is 0.619 bits per heavy atom. The molecule has 4 nitrogen and oxygen atoms in total. The van der Waals surface area contributed by atoms with E-state index in [2.05, 4.69) is 35.6 Å². The lowest BCUT2D eigenvalue weighted by Gasteiger charge is -2.35. The van der Waals surface area contributed by atoms with E-state index in [0.717, 1.165) is 43.8 Å². The number of rotatable bonds is 8. The molecule has 0 saturated carbocycles. The maximum Gasteiger partial charge on any atom is 0.328 e. The summed E-state index contributed by atoms with van der Waals surface area (Å²) in [7, 11) is 1.36. The summed E-state index contributed by atoms with van der Waals surface area (Å²) in [5, 5.41) is 7.41. The maximum atomic E-state index is 14.9. The minimum atomic E-state index is -1.21. The summed E-state index contributed by atoms with van der Waals surface area (Å²) in [5.41, 5.74) is 2.19. The zero-order valence-corrected chi connectivity index (χ0v) is 23.4. The highest BCUT2D eigenvalue weighted by molar-refractivity contribution is 6.03. The first-order valence-corrected chi connectivity index (χ1v) is 14.1. The molecular formula is C38H31NO3. The van der Waals surface area contributed by atoms with Gasteiger partial charge in [-0.1, -0.05) is 140 Å². The van der Waals surface area contributed by atoms with Crippen LogP contribution in [0.2, 0.25) is 0 Å². The molecule has 0 unspecified atom stereocenters. The van der Waals surface area contributed by atoms with Crippen LogP contribution in [0.4, 0.5) is 0 Å². The predicted molar refractivity (Wildman–Crippen MR) is 168 cm³/mol. The SMILES string of the molecule is COC(=O)[C@H](Cc1c2ccccc2cc2ccccc12)NC(=O)C(c1ccccc1)(c1ccccc1)c1ccccc1. The molecule has 6 rings (SSSR count). The lowest BCUT2D eigenvalue weighted by molar-refractivity contribution is -0.145. The Balaban J connectivity index is 1.51. The van der Waals surface area contributed by atoms with Crippen molar-refractivity contribution in [1.29, 1.82) is 0 Å². The molecule has 0 aliphatic carbocycles. The summed E-state index contributed by atoms with van der Waals surface area (Å²) in [6, 6.07) is 46.7. The first-order chi connectivity index (χ1) is 20.6. The van der Waals surface area contributed by atoms with E-state index in [9.17, 15) is 9.59 Å². The Kier molecular flexibility index (Phi) is 7.52. The highest BCUT2D eigenvalue weighted by Gasteiger charge is 2.45. The average molecular weight is 550 g/mol. The molecule has 0 aliphatic heterocycles. The molecule has 0 spiro atoms. The predicted octanol–water partition coefficient (Wildman–Crippen LogP) is 7.23. The molecule has 0 aromatic heterocycles. The van der Waals surface area contributed by atoms with E-state index in [1.54, 1.807) is 0 Å². The Labute approximate surface area is 245 Å². The van der Waals surface area contributed by atoms with Crippen molar-refractivity contribution in [2.24, 2.45) is 0 Å². The Hall–Kier alpha value is -5.22. The quantitative estimate of drug-likeness (QED) is 0.124. The van der Waals surface area contributed by atoms with E-state index in [-0.39, 0.29) is 12.3 Å². The molecule has 0 heterocycles. The van der Waals surface area contributed by atoms with Gasteiger partial charge in [-0.2, -0.15) is 0 Å². The van der Waals surface area contributed by atoms with E-state index in [4.69, 9.17) is 4.74 Å². The minimum absolute atomic E-state index is 0.273. The normalized spacial score (nSPS) is 12.1. The number of amides is 1. The van der Waals surface area contributed by atoms with Crippen molar-refractivity contribution in [3.05, 3.63) is 168 Å². The van der Waals surface area contributed by atoms with E-state index in [1.165, 1.54) is 7.11 Å². The van der Waals surface area contributed by atoms with Gasteiger partial charge >= 0.3 is 5.97 Å². The molecule has 6 aromatic carbocycles. The van der Waals surface area contributed by atoms with Crippen molar-refractivity contribution in [2.45, 2.75) is 17.9 Å². The Bertz CT molecular complexity index is 1700. The molecule has 4 heteroatoms. The van der Waals surface area contributed by atoms with Gasteiger partial charge in [-0.25, -0.2) is 4.79 Å². The van der Waals surface area contributed by atoms with Gasteiger partial charge in [0, 0.05) is 6.42 Å². The van der Waals surface area contributed by atoms with Gasteiger partial charge in [-0.05, 0) is 49.9 Å². The van der Waals surface area contributed by atoms with E-state index < -0.39 is 17.4 Å². The number of ether oxygens (including phenoxy) is 1. The van der Waals surface area contributed by atoms with Crippen LogP contribution in [0.25, 0.3) is 21.5 Å². The van der Waals surface area contributed by atoms with Crippen LogP contribution < -0.4 is 5.32 Å². The molecule has 42 heavy (non-hydrogen) atoms. The van der Waals surface area contributed by atoms with Gasteiger partial charge in [0.2, 0.25) is 5.91 Å². The second-order valence-corrected chi connectivity index (χ2v) is 10.4. The molecule has 1 atom stereocenters. The van der Waals surface area contributed by atoms with Gasteiger partial charge in [-0.15, -0.1) is 0 Å². The Morgan fingerprint density at radius 3 is 1.45 bits per heavy atom. The van der Waals surface area contributed by atoms with Crippen LogP contribution in [0.3, 0.4) is 0 Å². The number of hydrogen-bond donors (Lipinski definition) is 1. The number of fused-ring (bicyclic) bond motifs is 2. The van der Waals surface area contributed by atoms with Gasteiger partial charge in [0.15, 0.2) is 0 Å². The largest absolute Gasteiger partial charge is 0.467 e. The van der Waals surface area contributed by atoms with Gasteiger partial charge in [0.25, 0.3) is 0 Å². The van der Waals surface area contributed by atoms with Crippen LogP contribution in [-0.2, 0) is 26.2 Å². The van der Waals surface area contributed by atoms with Crippen LogP contribution in [0.1, 0.15) is 22.3 Å².